The van der Waals surface area contributed by atoms with Crippen LogP contribution < -0.4 is 10.6 Å². The van der Waals surface area contributed by atoms with E-state index in [0.29, 0.717) is 74.2 Å². The number of carbonyl (C=O) groups is 3. The number of nitrogens with zero attached hydrogens (tertiary/aromatic N) is 1. The van der Waals surface area contributed by atoms with Crippen molar-refractivity contribution in [1.82, 2.24) is 10.2 Å². The van der Waals surface area contributed by atoms with Gasteiger partial charge in [0.1, 0.15) is 11.2 Å². The molecule has 4 saturated carbocycles. The second-order valence-corrected chi connectivity index (χ2v) is 13.9. The lowest BCUT2D eigenvalue weighted by Crippen LogP contribution is -2.68. The molecule has 43 heavy (non-hydrogen) atoms. The number of hydrogen-bond acceptors (Lipinski definition) is 4. The maximum absolute atomic E-state index is 16.2. The van der Waals surface area contributed by atoms with Crippen LogP contribution in [-0.4, -0.2) is 52.0 Å². The fourth-order valence-corrected chi connectivity index (χ4v) is 9.24. The van der Waals surface area contributed by atoms with Gasteiger partial charge in [-0.15, -0.1) is 0 Å². The first kappa shape index (κ1) is 30.4. The average molecular weight is 631 g/mol. The van der Waals surface area contributed by atoms with Crippen LogP contribution in [0.2, 0.25) is 10.0 Å². The van der Waals surface area contributed by atoms with Gasteiger partial charge in [-0.05, 0) is 81.7 Å². The first-order valence-electron chi connectivity index (χ1n) is 15.4. The van der Waals surface area contributed by atoms with E-state index in [-0.39, 0.29) is 28.9 Å². The average Bonchev–Trinajstić information content (AvgIpc) is 3.29. The number of carboxylic acid groups (broad SMARTS) is 1. The van der Waals surface area contributed by atoms with Crippen LogP contribution in [-0.2, 0) is 19.8 Å². The Balaban J connectivity index is 1.42. The maximum Gasteiger partial charge on any atom is 0.309 e. The standard InChI is InChI=1S/C33H38Cl2FN3O4/c1-2-39(20-26(40)38-31-16-13-30(14-17-31,15-18-31)29(42)43)32(11-4-3-5-12-32)33(23-7-6-8-24(35)27(23)36)22-10-9-21(34)19-25(22)37-28(33)41/h6-10,19H,2-5,11-18,20H2,1H3,(H,37,41)(H,38,40)(H,42,43). The number of hydrogen-bond donors (Lipinski definition) is 3. The highest BCUT2D eigenvalue weighted by Gasteiger charge is 2.65. The predicted molar refractivity (Wildman–Crippen MR) is 164 cm³/mol. The molecule has 0 aromatic heterocycles. The molecule has 7 rings (SSSR count). The number of benzene rings is 2. The SMILES string of the molecule is CCN(CC(=O)NC12CCC(C(=O)O)(CC1)CC2)C1(C2(c3cccc(Cl)c3F)C(=O)Nc3cc(Cl)ccc32)CCCCC1. The molecule has 0 saturated heterocycles. The molecule has 1 heterocycles. The Hall–Kier alpha value is -2.68. The molecule has 7 nitrogen and oxygen atoms in total. The van der Waals surface area contributed by atoms with Crippen molar-refractivity contribution in [3.05, 3.63) is 63.4 Å². The molecule has 2 amide bonds. The fraction of sp³-hybridized carbons (Fsp3) is 0.545. The minimum atomic E-state index is -1.48. The van der Waals surface area contributed by atoms with Gasteiger partial charge in [-0.1, -0.05) is 67.6 Å². The number of halogens is 3. The highest BCUT2D eigenvalue weighted by Crippen LogP contribution is 2.58. The van der Waals surface area contributed by atoms with Crippen molar-refractivity contribution >= 4 is 46.7 Å². The van der Waals surface area contributed by atoms with Crippen LogP contribution in [0.3, 0.4) is 0 Å². The molecule has 1 atom stereocenters. The summed E-state index contributed by atoms with van der Waals surface area (Å²) in [5.74, 6) is -1.89. The number of carbonyl (C=O) groups excluding carboxylic acids is 2. The first-order chi connectivity index (χ1) is 20.5. The van der Waals surface area contributed by atoms with E-state index >= 15 is 4.39 Å². The van der Waals surface area contributed by atoms with Crippen molar-refractivity contribution < 1.29 is 23.9 Å². The molecule has 1 unspecified atom stereocenters. The van der Waals surface area contributed by atoms with Gasteiger partial charge in [0.05, 0.1) is 17.0 Å². The lowest BCUT2D eigenvalue weighted by Gasteiger charge is -2.56. The molecule has 2 aromatic carbocycles. The molecule has 1 aliphatic heterocycles. The monoisotopic (exact) mass is 629 g/mol. The Morgan fingerprint density at radius 3 is 2.28 bits per heavy atom. The number of anilines is 1. The third-order valence-electron chi connectivity index (χ3n) is 11.1. The van der Waals surface area contributed by atoms with Gasteiger partial charge in [0, 0.05) is 27.4 Å². The highest BCUT2D eigenvalue weighted by molar-refractivity contribution is 6.31. The quantitative estimate of drug-likeness (QED) is 0.302. The third-order valence-corrected chi connectivity index (χ3v) is 11.7. The summed E-state index contributed by atoms with van der Waals surface area (Å²) in [4.78, 5) is 42.4. The second kappa shape index (κ2) is 11.0. The van der Waals surface area contributed by atoms with Gasteiger partial charge in [-0.25, -0.2) is 4.39 Å². The normalized spacial score (nSPS) is 29.3. The largest absolute Gasteiger partial charge is 0.481 e. The van der Waals surface area contributed by atoms with Crippen molar-refractivity contribution in [3.8, 4) is 0 Å². The van der Waals surface area contributed by atoms with E-state index in [1.165, 1.54) is 6.07 Å². The number of carboxylic acids is 1. The minimum absolute atomic E-state index is 0.0302. The first-order valence-corrected chi connectivity index (χ1v) is 16.1. The van der Waals surface area contributed by atoms with Gasteiger partial charge in [0.2, 0.25) is 11.8 Å². The van der Waals surface area contributed by atoms with Crippen LogP contribution in [0.15, 0.2) is 36.4 Å². The second-order valence-electron chi connectivity index (χ2n) is 13.0. The van der Waals surface area contributed by atoms with Crippen LogP contribution in [0.5, 0.6) is 0 Å². The molecule has 3 N–H and O–H groups in total. The van der Waals surface area contributed by atoms with Crippen LogP contribution in [0.25, 0.3) is 0 Å². The van der Waals surface area contributed by atoms with Crippen LogP contribution in [0, 0.1) is 11.2 Å². The van der Waals surface area contributed by atoms with Gasteiger partial charge < -0.3 is 15.7 Å². The number of nitrogens with one attached hydrogen (secondary N) is 2. The van der Waals surface area contributed by atoms with Crippen molar-refractivity contribution in [3.63, 3.8) is 0 Å². The zero-order valence-corrected chi connectivity index (χ0v) is 25.9. The fourth-order valence-electron chi connectivity index (χ4n) is 8.89. The van der Waals surface area contributed by atoms with Crippen LogP contribution in [0.4, 0.5) is 10.1 Å². The zero-order valence-electron chi connectivity index (χ0n) is 24.4. The topological polar surface area (TPSA) is 98.7 Å². The summed E-state index contributed by atoms with van der Waals surface area (Å²) >= 11 is 12.7. The molecule has 230 valence electrons. The van der Waals surface area contributed by atoms with Gasteiger partial charge >= 0.3 is 5.97 Å². The number of amides is 2. The molecule has 0 spiro atoms. The van der Waals surface area contributed by atoms with E-state index in [0.717, 1.165) is 19.3 Å². The molecule has 0 radical (unpaired) electrons. The summed E-state index contributed by atoms with van der Waals surface area (Å²) in [7, 11) is 0. The summed E-state index contributed by atoms with van der Waals surface area (Å²) in [6.45, 7) is 2.47. The number of fused-ring (bicyclic) bond motifs is 4. The summed E-state index contributed by atoms with van der Waals surface area (Å²) in [6.07, 6.45) is 7.36. The molecule has 4 aliphatic carbocycles. The Morgan fingerprint density at radius 1 is 0.977 bits per heavy atom. The summed E-state index contributed by atoms with van der Waals surface area (Å²) in [6, 6.07) is 10.0. The molecule has 5 aliphatic rings. The van der Waals surface area contributed by atoms with E-state index < -0.39 is 33.7 Å². The van der Waals surface area contributed by atoms with Crippen molar-refractivity contribution in [2.75, 3.05) is 18.4 Å². The Bertz CT molecular complexity index is 1450. The molecule has 4 fully saturated rings. The lowest BCUT2D eigenvalue weighted by atomic mass is 9.56. The highest BCUT2D eigenvalue weighted by atomic mass is 35.5. The van der Waals surface area contributed by atoms with E-state index in [2.05, 4.69) is 15.5 Å². The van der Waals surface area contributed by atoms with Gasteiger partial charge in [-0.3, -0.25) is 19.3 Å². The van der Waals surface area contributed by atoms with E-state index in [1.54, 1.807) is 30.3 Å². The van der Waals surface area contributed by atoms with Crippen LogP contribution in [0.1, 0.15) is 88.7 Å². The maximum atomic E-state index is 16.2. The molecule has 10 heteroatoms. The molecule has 2 aromatic rings. The molecular weight excluding hydrogens is 592 g/mol. The Morgan fingerprint density at radius 2 is 1.65 bits per heavy atom. The van der Waals surface area contributed by atoms with E-state index in [4.69, 9.17) is 23.2 Å². The number of rotatable bonds is 8. The van der Waals surface area contributed by atoms with Crippen molar-refractivity contribution in [1.29, 1.82) is 0 Å². The van der Waals surface area contributed by atoms with Crippen molar-refractivity contribution in [2.24, 2.45) is 5.41 Å². The van der Waals surface area contributed by atoms with Crippen LogP contribution >= 0.6 is 23.2 Å². The van der Waals surface area contributed by atoms with Gasteiger partial charge in [0.25, 0.3) is 0 Å². The third kappa shape index (κ3) is 4.58. The molecule has 2 bridgehead atoms. The lowest BCUT2D eigenvalue weighted by molar-refractivity contribution is -0.157. The van der Waals surface area contributed by atoms with Gasteiger partial charge in [-0.2, -0.15) is 0 Å². The van der Waals surface area contributed by atoms with Gasteiger partial charge in [0.15, 0.2) is 0 Å². The molecular formula is C33H38Cl2FN3O4. The summed E-state index contributed by atoms with van der Waals surface area (Å²) < 4.78 is 16.2. The summed E-state index contributed by atoms with van der Waals surface area (Å²) in [5.41, 5.74) is -2.14. The smallest absolute Gasteiger partial charge is 0.309 e. The number of likely N-dealkylation sites (N-methyl/N-ethyl adjacent to an activating group) is 1. The number of aliphatic carboxylic acids is 1. The van der Waals surface area contributed by atoms with E-state index in [1.807, 2.05) is 6.92 Å². The minimum Gasteiger partial charge on any atom is -0.481 e. The Labute approximate surface area is 261 Å². The van der Waals surface area contributed by atoms with Crippen molar-refractivity contribution in [2.45, 2.75) is 94.0 Å². The zero-order chi connectivity index (χ0) is 30.6. The predicted octanol–water partition coefficient (Wildman–Crippen LogP) is 6.69. The summed E-state index contributed by atoms with van der Waals surface area (Å²) in [5, 5.41) is 16.5. The van der Waals surface area contributed by atoms with E-state index in [9.17, 15) is 19.5 Å². The Kier molecular flexibility index (Phi) is 7.79.